The predicted octanol–water partition coefficient (Wildman–Crippen LogP) is 10.6. The molecule has 0 amide bonds. The standard InChI is InChI=1S/2C18H36O3.Zn/c2*1-2-3-4-11-14-17(19)15-12-9-7-5-6-8-10-13-16-18(20)21;/h2*17,19H,2-16H2,1H3,(H,20,21);. The van der Waals surface area contributed by atoms with Crippen molar-refractivity contribution in [3.8, 4) is 0 Å². The second-order valence-corrected chi connectivity index (χ2v) is 12.5. The Morgan fingerprint density at radius 3 is 0.837 bits per heavy atom. The second kappa shape index (κ2) is 39.5. The number of aliphatic carboxylic acids is 2. The zero-order valence-electron chi connectivity index (χ0n) is 28.7. The Morgan fingerprint density at radius 2 is 0.605 bits per heavy atom. The van der Waals surface area contributed by atoms with E-state index in [1.165, 1.54) is 103 Å². The molecule has 0 aromatic carbocycles. The van der Waals surface area contributed by atoms with E-state index in [1.54, 1.807) is 0 Å². The van der Waals surface area contributed by atoms with Crippen LogP contribution in [-0.4, -0.2) is 44.6 Å². The molecule has 0 saturated carbocycles. The first-order valence-corrected chi connectivity index (χ1v) is 18.1. The minimum absolute atomic E-state index is 0. The summed E-state index contributed by atoms with van der Waals surface area (Å²) in [6.07, 6.45) is 32.5. The van der Waals surface area contributed by atoms with Crippen LogP contribution in [-0.2, 0) is 29.1 Å². The number of hydrogen-bond donors (Lipinski definition) is 4. The van der Waals surface area contributed by atoms with Gasteiger partial charge in [-0.15, -0.1) is 0 Å². The molecule has 0 aromatic rings. The quantitative estimate of drug-likeness (QED) is 0.0420. The van der Waals surface area contributed by atoms with Crippen molar-refractivity contribution in [2.45, 2.75) is 219 Å². The summed E-state index contributed by atoms with van der Waals surface area (Å²) in [6.45, 7) is 4.42. The maximum atomic E-state index is 10.3. The molecular formula is C36H72O6Zn. The molecule has 0 aliphatic carbocycles. The Hall–Kier alpha value is -0.517. The summed E-state index contributed by atoms with van der Waals surface area (Å²) >= 11 is 0. The van der Waals surface area contributed by atoms with Crippen molar-refractivity contribution < 1.29 is 49.5 Å². The molecule has 0 bridgehead atoms. The van der Waals surface area contributed by atoms with Crippen LogP contribution in [0.2, 0.25) is 0 Å². The second-order valence-electron chi connectivity index (χ2n) is 12.5. The predicted molar refractivity (Wildman–Crippen MR) is 177 cm³/mol. The Balaban J connectivity index is -0.000000727. The van der Waals surface area contributed by atoms with E-state index in [-0.39, 0.29) is 31.7 Å². The third-order valence-electron chi connectivity index (χ3n) is 8.14. The molecule has 0 heterocycles. The Bertz CT molecular complexity index is 512. The summed E-state index contributed by atoms with van der Waals surface area (Å²) in [5, 5.41) is 36.7. The summed E-state index contributed by atoms with van der Waals surface area (Å²) in [6, 6.07) is 0. The fourth-order valence-electron chi connectivity index (χ4n) is 5.34. The fraction of sp³-hybridized carbons (Fsp3) is 0.944. The Morgan fingerprint density at radius 1 is 0.395 bits per heavy atom. The van der Waals surface area contributed by atoms with Crippen LogP contribution in [0.25, 0.3) is 0 Å². The van der Waals surface area contributed by atoms with Gasteiger partial charge < -0.3 is 20.4 Å². The van der Waals surface area contributed by atoms with Crippen LogP contribution in [0, 0.1) is 0 Å². The van der Waals surface area contributed by atoms with Crippen LogP contribution in [0.15, 0.2) is 0 Å². The molecule has 43 heavy (non-hydrogen) atoms. The van der Waals surface area contributed by atoms with Gasteiger partial charge in [-0.2, -0.15) is 0 Å². The molecule has 0 aliphatic rings. The number of carbonyl (C=O) groups is 2. The van der Waals surface area contributed by atoms with E-state index in [1.807, 2.05) is 0 Å². The molecule has 6 nitrogen and oxygen atoms in total. The molecule has 0 fully saturated rings. The fourth-order valence-corrected chi connectivity index (χ4v) is 5.34. The van der Waals surface area contributed by atoms with Crippen LogP contribution in [0.3, 0.4) is 0 Å². The maximum absolute atomic E-state index is 10.3. The van der Waals surface area contributed by atoms with Crippen molar-refractivity contribution in [1.29, 1.82) is 0 Å². The largest absolute Gasteiger partial charge is 0.481 e. The van der Waals surface area contributed by atoms with Gasteiger partial charge in [0.25, 0.3) is 0 Å². The topological polar surface area (TPSA) is 115 Å². The maximum Gasteiger partial charge on any atom is 0.303 e. The average Bonchev–Trinajstić information content (AvgIpc) is 2.95. The number of rotatable bonds is 32. The van der Waals surface area contributed by atoms with Crippen molar-refractivity contribution in [1.82, 2.24) is 0 Å². The molecule has 0 aliphatic heterocycles. The minimum atomic E-state index is -0.678. The van der Waals surface area contributed by atoms with Gasteiger partial charge in [-0.25, -0.2) is 0 Å². The number of aliphatic hydroxyl groups is 2. The normalized spacial score (nSPS) is 12.2. The van der Waals surface area contributed by atoms with Crippen LogP contribution >= 0.6 is 0 Å². The first-order valence-electron chi connectivity index (χ1n) is 18.1. The summed E-state index contributed by atoms with van der Waals surface area (Å²) in [5.41, 5.74) is 0. The smallest absolute Gasteiger partial charge is 0.303 e. The number of carboxylic acid groups (broad SMARTS) is 2. The summed E-state index contributed by atoms with van der Waals surface area (Å²) in [5.74, 6) is -1.36. The van der Waals surface area contributed by atoms with Gasteiger partial charge in [-0.3, -0.25) is 9.59 Å². The van der Waals surface area contributed by atoms with Crippen LogP contribution in [0.5, 0.6) is 0 Å². The number of hydrogen-bond acceptors (Lipinski definition) is 4. The van der Waals surface area contributed by atoms with E-state index in [0.29, 0.717) is 12.8 Å². The number of aliphatic hydroxyl groups excluding tert-OH is 2. The molecule has 7 heteroatoms. The number of carboxylic acids is 2. The summed E-state index contributed by atoms with van der Waals surface area (Å²) in [7, 11) is 0. The summed E-state index contributed by atoms with van der Waals surface area (Å²) in [4.78, 5) is 20.7. The summed E-state index contributed by atoms with van der Waals surface area (Å²) < 4.78 is 0. The molecule has 0 aromatic heterocycles. The molecule has 2 atom stereocenters. The van der Waals surface area contributed by atoms with Crippen molar-refractivity contribution in [2.75, 3.05) is 0 Å². The zero-order valence-corrected chi connectivity index (χ0v) is 31.6. The SMILES string of the molecule is CCCCCCC(O)CCCCCCCCCCC(=O)O.CCCCCCC(O)CCCCCCCCCCC(=O)O.[Zn]. The van der Waals surface area contributed by atoms with Gasteiger partial charge in [0.2, 0.25) is 0 Å². The van der Waals surface area contributed by atoms with Gasteiger partial charge in [-0.1, -0.05) is 155 Å². The van der Waals surface area contributed by atoms with E-state index in [9.17, 15) is 19.8 Å². The van der Waals surface area contributed by atoms with Crippen LogP contribution in [0.1, 0.15) is 206 Å². The van der Waals surface area contributed by atoms with Gasteiger partial charge in [0.15, 0.2) is 0 Å². The third kappa shape index (κ3) is 46.0. The van der Waals surface area contributed by atoms with Gasteiger partial charge in [0.05, 0.1) is 12.2 Å². The van der Waals surface area contributed by atoms with E-state index in [0.717, 1.165) is 77.0 Å². The monoisotopic (exact) mass is 664 g/mol. The first kappa shape index (κ1) is 46.9. The van der Waals surface area contributed by atoms with Crippen LogP contribution < -0.4 is 0 Å². The number of unbranched alkanes of at least 4 members (excludes halogenated alkanes) is 20. The van der Waals surface area contributed by atoms with Crippen molar-refractivity contribution in [3.63, 3.8) is 0 Å². The van der Waals surface area contributed by atoms with Crippen LogP contribution in [0.4, 0.5) is 0 Å². The Labute approximate surface area is 279 Å². The van der Waals surface area contributed by atoms with Gasteiger partial charge in [0.1, 0.15) is 0 Å². The average molecular weight is 666 g/mol. The Kier molecular flexibility index (Phi) is 43.1. The molecule has 4 N–H and O–H groups in total. The van der Waals surface area contributed by atoms with Crippen molar-refractivity contribution in [3.05, 3.63) is 0 Å². The van der Waals surface area contributed by atoms with Gasteiger partial charge in [-0.05, 0) is 38.5 Å². The van der Waals surface area contributed by atoms with E-state index in [4.69, 9.17) is 10.2 Å². The molecule has 2 unspecified atom stereocenters. The van der Waals surface area contributed by atoms with E-state index < -0.39 is 11.9 Å². The van der Waals surface area contributed by atoms with Gasteiger partial charge in [0, 0.05) is 32.3 Å². The van der Waals surface area contributed by atoms with E-state index in [2.05, 4.69) is 13.8 Å². The van der Waals surface area contributed by atoms with Crippen molar-refractivity contribution >= 4 is 11.9 Å². The minimum Gasteiger partial charge on any atom is -0.481 e. The van der Waals surface area contributed by atoms with E-state index >= 15 is 0 Å². The molecule has 0 saturated heterocycles. The zero-order chi connectivity index (χ0) is 31.5. The van der Waals surface area contributed by atoms with Crippen molar-refractivity contribution in [2.24, 2.45) is 0 Å². The van der Waals surface area contributed by atoms with Gasteiger partial charge >= 0.3 is 11.9 Å². The molecule has 0 spiro atoms. The molecular weight excluding hydrogens is 594 g/mol. The first-order chi connectivity index (χ1) is 20.3. The third-order valence-corrected chi connectivity index (χ3v) is 8.14. The molecule has 254 valence electrons. The molecule has 0 radical (unpaired) electrons. The molecule has 0 rings (SSSR count).